The van der Waals surface area contributed by atoms with Crippen molar-refractivity contribution in [3.63, 3.8) is 0 Å². The number of hydrogen-bond acceptors (Lipinski definition) is 2. The Labute approximate surface area is 107 Å². The van der Waals surface area contributed by atoms with Crippen LogP contribution in [0, 0.1) is 5.82 Å². The molecular formula is C11H12ClF4NO. The minimum absolute atomic E-state index is 0.124. The quantitative estimate of drug-likeness (QED) is 0.664. The molecule has 1 atom stereocenters. The maximum atomic E-state index is 13.0. The minimum Gasteiger partial charge on any atom is -0.372 e. The number of rotatable bonds is 5. The van der Waals surface area contributed by atoms with Crippen LogP contribution in [0.2, 0.25) is 5.02 Å². The predicted octanol–water partition coefficient (Wildman–Crippen LogP) is 3.45. The molecule has 1 rings (SSSR count). The van der Waals surface area contributed by atoms with Crippen molar-refractivity contribution in [2.24, 2.45) is 5.73 Å². The van der Waals surface area contributed by atoms with E-state index in [0.29, 0.717) is 5.56 Å². The molecule has 0 saturated heterocycles. The molecular weight excluding hydrogens is 274 g/mol. The van der Waals surface area contributed by atoms with E-state index >= 15 is 0 Å². The molecule has 0 heterocycles. The highest BCUT2D eigenvalue weighted by Gasteiger charge is 2.27. The summed E-state index contributed by atoms with van der Waals surface area (Å²) in [6.07, 6.45) is -4.24. The van der Waals surface area contributed by atoms with Crippen molar-refractivity contribution in [1.29, 1.82) is 0 Å². The molecule has 0 aliphatic carbocycles. The predicted molar refractivity (Wildman–Crippen MR) is 59.8 cm³/mol. The number of benzene rings is 1. The standard InChI is InChI=1S/C11H12ClF4NO/c12-9-2-1-7(13)5-8(9)10(17)3-4-18-6-11(14,15)16/h1-2,5,10H,3-4,6,17H2. The lowest BCUT2D eigenvalue weighted by Crippen LogP contribution is -2.20. The highest BCUT2D eigenvalue weighted by molar-refractivity contribution is 6.31. The molecule has 0 spiro atoms. The van der Waals surface area contributed by atoms with E-state index in [9.17, 15) is 17.6 Å². The Morgan fingerprint density at radius 3 is 2.61 bits per heavy atom. The Balaban J connectivity index is 2.45. The normalized spacial score (nSPS) is 13.7. The highest BCUT2D eigenvalue weighted by atomic mass is 35.5. The topological polar surface area (TPSA) is 35.2 Å². The van der Waals surface area contributed by atoms with Crippen molar-refractivity contribution in [3.8, 4) is 0 Å². The largest absolute Gasteiger partial charge is 0.411 e. The fraction of sp³-hybridized carbons (Fsp3) is 0.455. The van der Waals surface area contributed by atoms with Crippen molar-refractivity contribution in [3.05, 3.63) is 34.6 Å². The summed E-state index contributed by atoms with van der Waals surface area (Å²) in [5.74, 6) is -0.499. The van der Waals surface area contributed by atoms with Gasteiger partial charge in [0, 0.05) is 17.7 Å². The summed E-state index contributed by atoms with van der Waals surface area (Å²) in [5.41, 5.74) is 6.06. The fourth-order valence-electron chi connectivity index (χ4n) is 1.35. The molecule has 1 unspecified atom stereocenters. The molecule has 0 amide bonds. The van der Waals surface area contributed by atoms with Crippen LogP contribution in [0.25, 0.3) is 0 Å². The summed E-state index contributed by atoms with van der Waals surface area (Å²) in [7, 11) is 0. The minimum atomic E-state index is -4.36. The summed E-state index contributed by atoms with van der Waals surface area (Å²) in [5, 5.41) is 0.278. The molecule has 18 heavy (non-hydrogen) atoms. The summed E-state index contributed by atoms with van der Waals surface area (Å²) in [6, 6.07) is 3.03. The zero-order valence-electron chi connectivity index (χ0n) is 9.31. The van der Waals surface area contributed by atoms with Crippen LogP contribution in [0.3, 0.4) is 0 Å². The van der Waals surface area contributed by atoms with E-state index in [1.807, 2.05) is 0 Å². The van der Waals surface area contributed by atoms with Gasteiger partial charge in [0.2, 0.25) is 0 Å². The molecule has 0 fully saturated rings. The maximum absolute atomic E-state index is 13.0. The van der Waals surface area contributed by atoms with Gasteiger partial charge in [0.05, 0.1) is 0 Å². The van der Waals surface area contributed by atoms with Gasteiger partial charge in [-0.1, -0.05) is 11.6 Å². The molecule has 1 aromatic carbocycles. The van der Waals surface area contributed by atoms with E-state index in [-0.39, 0.29) is 18.1 Å². The fourth-order valence-corrected chi connectivity index (χ4v) is 1.61. The van der Waals surface area contributed by atoms with Crippen LogP contribution in [-0.2, 0) is 4.74 Å². The molecule has 0 bridgehead atoms. The number of ether oxygens (including phenoxy) is 1. The van der Waals surface area contributed by atoms with E-state index in [2.05, 4.69) is 4.74 Å². The number of alkyl halides is 3. The van der Waals surface area contributed by atoms with Crippen LogP contribution in [-0.4, -0.2) is 19.4 Å². The lowest BCUT2D eigenvalue weighted by molar-refractivity contribution is -0.174. The first kappa shape index (κ1) is 15.2. The molecule has 7 heteroatoms. The second-order valence-electron chi connectivity index (χ2n) is 3.73. The molecule has 0 radical (unpaired) electrons. The van der Waals surface area contributed by atoms with Gasteiger partial charge in [-0.2, -0.15) is 13.2 Å². The second kappa shape index (κ2) is 6.36. The van der Waals surface area contributed by atoms with Gasteiger partial charge in [-0.25, -0.2) is 4.39 Å². The van der Waals surface area contributed by atoms with E-state index in [0.717, 1.165) is 6.07 Å². The smallest absolute Gasteiger partial charge is 0.372 e. The van der Waals surface area contributed by atoms with Gasteiger partial charge in [0.15, 0.2) is 0 Å². The Bertz CT molecular complexity index is 397. The lowest BCUT2D eigenvalue weighted by Gasteiger charge is -2.14. The molecule has 0 aliphatic heterocycles. The summed E-state index contributed by atoms with van der Waals surface area (Å²) < 4.78 is 52.8. The molecule has 0 aliphatic rings. The molecule has 102 valence electrons. The monoisotopic (exact) mass is 285 g/mol. The molecule has 1 aromatic rings. The molecule has 0 aromatic heterocycles. The first-order chi connectivity index (χ1) is 8.29. The molecule has 0 saturated carbocycles. The summed E-state index contributed by atoms with van der Waals surface area (Å²) >= 11 is 5.81. The van der Waals surface area contributed by atoms with Crippen LogP contribution in [0.5, 0.6) is 0 Å². The first-order valence-corrected chi connectivity index (χ1v) is 5.52. The van der Waals surface area contributed by atoms with Gasteiger partial charge in [-0.3, -0.25) is 0 Å². The van der Waals surface area contributed by atoms with Crippen LogP contribution >= 0.6 is 11.6 Å². The SMILES string of the molecule is NC(CCOCC(F)(F)F)c1cc(F)ccc1Cl. The van der Waals surface area contributed by atoms with E-state index < -0.39 is 24.6 Å². The van der Waals surface area contributed by atoms with Crippen molar-refractivity contribution < 1.29 is 22.3 Å². The zero-order chi connectivity index (χ0) is 13.8. The molecule has 2 nitrogen and oxygen atoms in total. The van der Waals surface area contributed by atoms with E-state index in [4.69, 9.17) is 17.3 Å². The van der Waals surface area contributed by atoms with Crippen LogP contribution < -0.4 is 5.73 Å². The Kier molecular flexibility index (Phi) is 5.37. The number of nitrogens with two attached hydrogens (primary N) is 1. The zero-order valence-corrected chi connectivity index (χ0v) is 10.1. The third-order valence-corrected chi connectivity index (χ3v) is 2.54. The van der Waals surface area contributed by atoms with Crippen molar-refractivity contribution >= 4 is 11.6 Å². The van der Waals surface area contributed by atoms with Crippen LogP contribution in [0.4, 0.5) is 17.6 Å². The van der Waals surface area contributed by atoms with E-state index in [1.54, 1.807) is 0 Å². The third kappa shape index (κ3) is 5.20. The van der Waals surface area contributed by atoms with Crippen LogP contribution in [0.1, 0.15) is 18.0 Å². The highest BCUT2D eigenvalue weighted by Crippen LogP contribution is 2.24. The van der Waals surface area contributed by atoms with Crippen LogP contribution in [0.15, 0.2) is 18.2 Å². The molecule has 2 N–H and O–H groups in total. The Morgan fingerprint density at radius 1 is 1.33 bits per heavy atom. The lowest BCUT2D eigenvalue weighted by atomic mass is 10.1. The first-order valence-electron chi connectivity index (χ1n) is 5.14. The summed E-state index contributed by atoms with van der Waals surface area (Å²) in [6.45, 7) is -1.50. The Morgan fingerprint density at radius 2 is 2.00 bits per heavy atom. The van der Waals surface area contributed by atoms with Gasteiger partial charge >= 0.3 is 6.18 Å². The number of hydrogen-bond donors (Lipinski definition) is 1. The van der Waals surface area contributed by atoms with Crippen molar-refractivity contribution in [2.45, 2.75) is 18.6 Å². The third-order valence-electron chi connectivity index (χ3n) is 2.20. The Hall–Kier alpha value is -0.850. The summed E-state index contributed by atoms with van der Waals surface area (Å²) in [4.78, 5) is 0. The van der Waals surface area contributed by atoms with Gasteiger partial charge in [-0.15, -0.1) is 0 Å². The van der Waals surface area contributed by atoms with Crippen molar-refractivity contribution in [1.82, 2.24) is 0 Å². The van der Waals surface area contributed by atoms with Gasteiger partial charge in [-0.05, 0) is 30.2 Å². The number of halogens is 5. The second-order valence-corrected chi connectivity index (χ2v) is 4.14. The van der Waals surface area contributed by atoms with Gasteiger partial charge in [0.1, 0.15) is 12.4 Å². The van der Waals surface area contributed by atoms with Gasteiger partial charge < -0.3 is 10.5 Å². The van der Waals surface area contributed by atoms with Crippen molar-refractivity contribution in [2.75, 3.05) is 13.2 Å². The van der Waals surface area contributed by atoms with E-state index in [1.165, 1.54) is 12.1 Å². The van der Waals surface area contributed by atoms with Gasteiger partial charge in [0.25, 0.3) is 0 Å². The average Bonchev–Trinajstić information content (AvgIpc) is 2.26. The maximum Gasteiger partial charge on any atom is 0.411 e. The average molecular weight is 286 g/mol.